The van der Waals surface area contributed by atoms with Crippen LogP contribution in [0, 0.1) is 5.92 Å². The zero-order chi connectivity index (χ0) is 16.2. The molecule has 24 heavy (non-hydrogen) atoms. The number of rotatable bonds is 6. The maximum Gasteiger partial charge on any atom is -0.0130 e. The molecule has 1 saturated carbocycles. The third-order valence-electron chi connectivity index (χ3n) is 5.01. The van der Waals surface area contributed by atoms with Crippen LogP contribution in [0.2, 0.25) is 0 Å². The predicted molar refractivity (Wildman–Crippen MR) is 106 cm³/mol. The molecule has 0 N–H and O–H groups in total. The minimum absolute atomic E-state index is 0.231. The summed E-state index contributed by atoms with van der Waals surface area (Å²) in [6, 6.07) is 33.2. The molecule has 0 bridgehead atoms. The van der Waals surface area contributed by atoms with E-state index in [4.69, 9.17) is 0 Å². The molecule has 3 aromatic rings. The predicted octanol–water partition coefficient (Wildman–Crippen LogP) is 5.31. The van der Waals surface area contributed by atoms with E-state index in [0.29, 0.717) is 0 Å². The Morgan fingerprint density at radius 2 is 1.17 bits per heavy atom. The van der Waals surface area contributed by atoms with Gasteiger partial charge in [-0.3, -0.25) is 0 Å². The number of hydrogen-bond donors (Lipinski definition) is 0. The van der Waals surface area contributed by atoms with E-state index in [1.165, 1.54) is 35.2 Å². The summed E-state index contributed by atoms with van der Waals surface area (Å²) in [5, 5.41) is 3.02. The number of benzene rings is 3. The van der Waals surface area contributed by atoms with Gasteiger partial charge in [0.2, 0.25) is 0 Å². The van der Waals surface area contributed by atoms with Crippen LogP contribution in [0.5, 0.6) is 0 Å². The summed E-state index contributed by atoms with van der Waals surface area (Å²) in [7, 11) is -0.231. The standard InChI is InChI=1S/C23H23P/c1-4-10-19(11-5-1)23-18-20(23)16-17-24(21-12-6-2-7-13-21)22-14-8-3-9-15-22/h1-15,20,23H,16-18H2/t20-,23+/m0/s1. The quantitative estimate of drug-likeness (QED) is 0.537. The SMILES string of the molecule is c1ccc([C@H]2C[C@@H]2CCP(c2ccccc2)c2ccccc2)cc1. The zero-order valence-electron chi connectivity index (χ0n) is 13.9. The first-order chi connectivity index (χ1) is 11.9. The third-order valence-corrected chi connectivity index (χ3v) is 7.56. The summed E-state index contributed by atoms with van der Waals surface area (Å²) in [5.41, 5.74) is 1.53. The molecule has 0 radical (unpaired) electrons. The van der Waals surface area contributed by atoms with E-state index in [2.05, 4.69) is 91.0 Å². The van der Waals surface area contributed by atoms with E-state index in [1.807, 2.05) is 0 Å². The fourth-order valence-electron chi connectivity index (χ4n) is 3.59. The first kappa shape index (κ1) is 15.6. The van der Waals surface area contributed by atoms with E-state index in [-0.39, 0.29) is 7.92 Å². The topological polar surface area (TPSA) is 0 Å². The van der Waals surface area contributed by atoms with Gasteiger partial charge >= 0.3 is 0 Å². The highest BCUT2D eigenvalue weighted by Gasteiger charge is 2.37. The second kappa shape index (κ2) is 7.32. The molecule has 0 aliphatic heterocycles. The van der Waals surface area contributed by atoms with E-state index in [1.54, 1.807) is 0 Å². The monoisotopic (exact) mass is 330 g/mol. The van der Waals surface area contributed by atoms with Gasteiger partial charge in [0.25, 0.3) is 0 Å². The maximum absolute atomic E-state index is 2.31. The molecule has 0 heterocycles. The van der Waals surface area contributed by atoms with Crippen LogP contribution in [-0.4, -0.2) is 6.16 Å². The largest absolute Gasteiger partial charge is 0.0622 e. The van der Waals surface area contributed by atoms with Crippen molar-refractivity contribution >= 4 is 18.5 Å². The van der Waals surface area contributed by atoms with E-state index in [9.17, 15) is 0 Å². The van der Waals surface area contributed by atoms with Gasteiger partial charge in [0.15, 0.2) is 0 Å². The average molecular weight is 330 g/mol. The van der Waals surface area contributed by atoms with Gasteiger partial charge in [-0.05, 0) is 54.9 Å². The molecule has 2 atom stereocenters. The lowest BCUT2D eigenvalue weighted by atomic mass is 10.1. The van der Waals surface area contributed by atoms with Crippen LogP contribution in [-0.2, 0) is 0 Å². The van der Waals surface area contributed by atoms with Gasteiger partial charge in [0, 0.05) is 0 Å². The van der Waals surface area contributed by atoms with Gasteiger partial charge < -0.3 is 0 Å². The Morgan fingerprint density at radius 3 is 1.71 bits per heavy atom. The molecule has 1 heteroatoms. The minimum atomic E-state index is -0.231. The Hall–Kier alpha value is -1.91. The highest BCUT2D eigenvalue weighted by Crippen LogP contribution is 2.51. The summed E-state index contributed by atoms with van der Waals surface area (Å²) >= 11 is 0. The van der Waals surface area contributed by atoms with Gasteiger partial charge in [0.1, 0.15) is 0 Å². The summed E-state index contributed by atoms with van der Waals surface area (Å²) in [6.45, 7) is 0. The van der Waals surface area contributed by atoms with Crippen molar-refractivity contribution in [2.45, 2.75) is 18.8 Å². The minimum Gasteiger partial charge on any atom is -0.0622 e. The lowest BCUT2D eigenvalue weighted by Crippen LogP contribution is -2.14. The molecule has 0 unspecified atom stereocenters. The lowest BCUT2D eigenvalue weighted by Gasteiger charge is -2.18. The Kier molecular flexibility index (Phi) is 4.76. The highest BCUT2D eigenvalue weighted by atomic mass is 31.1. The molecule has 0 amide bonds. The highest BCUT2D eigenvalue weighted by molar-refractivity contribution is 7.73. The normalized spacial score (nSPS) is 19.4. The lowest BCUT2D eigenvalue weighted by molar-refractivity contribution is 0.772. The molecule has 0 spiro atoms. The van der Waals surface area contributed by atoms with Gasteiger partial charge in [-0.25, -0.2) is 0 Å². The molecule has 0 aromatic heterocycles. The molecule has 1 aliphatic rings. The van der Waals surface area contributed by atoms with Gasteiger partial charge in [-0.2, -0.15) is 0 Å². The van der Waals surface area contributed by atoms with Gasteiger partial charge in [0.05, 0.1) is 0 Å². The van der Waals surface area contributed by atoms with Crippen LogP contribution in [0.25, 0.3) is 0 Å². The first-order valence-corrected chi connectivity index (χ1v) is 10.4. The summed E-state index contributed by atoms with van der Waals surface area (Å²) in [5.74, 6) is 1.68. The second-order valence-corrected chi connectivity index (χ2v) is 8.96. The molecule has 1 fully saturated rings. The molecule has 120 valence electrons. The van der Waals surface area contributed by atoms with Crippen molar-refractivity contribution < 1.29 is 0 Å². The van der Waals surface area contributed by atoms with Crippen LogP contribution in [0.1, 0.15) is 24.3 Å². The third kappa shape index (κ3) is 3.60. The van der Waals surface area contributed by atoms with Crippen LogP contribution in [0.15, 0.2) is 91.0 Å². The average Bonchev–Trinajstić information content (AvgIpc) is 3.44. The van der Waals surface area contributed by atoms with Crippen molar-refractivity contribution in [2.24, 2.45) is 5.92 Å². The Labute approximate surface area is 146 Å². The van der Waals surface area contributed by atoms with Crippen LogP contribution >= 0.6 is 7.92 Å². The smallest absolute Gasteiger partial charge is 0.0130 e. The van der Waals surface area contributed by atoms with E-state index >= 15 is 0 Å². The van der Waals surface area contributed by atoms with Crippen molar-refractivity contribution in [3.05, 3.63) is 96.6 Å². The molecule has 0 nitrogen and oxygen atoms in total. The maximum atomic E-state index is 2.31. The second-order valence-electron chi connectivity index (χ2n) is 6.62. The molecule has 4 rings (SSSR count). The Morgan fingerprint density at radius 1 is 0.667 bits per heavy atom. The van der Waals surface area contributed by atoms with Gasteiger partial charge in [-0.15, -0.1) is 0 Å². The molecule has 1 aliphatic carbocycles. The fraction of sp³-hybridized carbons (Fsp3) is 0.217. The van der Waals surface area contributed by atoms with E-state index in [0.717, 1.165) is 11.8 Å². The zero-order valence-corrected chi connectivity index (χ0v) is 14.8. The van der Waals surface area contributed by atoms with Crippen molar-refractivity contribution in [1.82, 2.24) is 0 Å². The van der Waals surface area contributed by atoms with Crippen molar-refractivity contribution in [2.75, 3.05) is 6.16 Å². The van der Waals surface area contributed by atoms with Crippen LogP contribution in [0.3, 0.4) is 0 Å². The molecular weight excluding hydrogens is 307 g/mol. The molecule has 0 saturated heterocycles. The number of hydrogen-bond acceptors (Lipinski definition) is 0. The summed E-state index contributed by atoms with van der Waals surface area (Å²) in [6.07, 6.45) is 4.02. The van der Waals surface area contributed by atoms with Crippen molar-refractivity contribution in [3.63, 3.8) is 0 Å². The first-order valence-electron chi connectivity index (χ1n) is 8.84. The Balaban J connectivity index is 1.46. The molecule has 3 aromatic carbocycles. The van der Waals surface area contributed by atoms with Crippen molar-refractivity contribution in [1.29, 1.82) is 0 Å². The van der Waals surface area contributed by atoms with Crippen LogP contribution in [0.4, 0.5) is 0 Å². The summed E-state index contributed by atoms with van der Waals surface area (Å²) < 4.78 is 0. The van der Waals surface area contributed by atoms with E-state index < -0.39 is 0 Å². The molecular formula is C23H23P. The van der Waals surface area contributed by atoms with Crippen LogP contribution < -0.4 is 10.6 Å². The fourth-order valence-corrected chi connectivity index (χ4v) is 6.06. The summed E-state index contributed by atoms with van der Waals surface area (Å²) in [4.78, 5) is 0. The Bertz CT molecular complexity index is 712. The van der Waals surface area contributed by atoms with Crippen molar-refractivity contribution in [3.8, 4) is 0 Å². The van der Waals surface area contributed by atoms with Gasteiger partial charge in [-0.1, -0.05) is 91.0 Å².